The van der Waals surface area contributed by atoms with Gasteiger partial charge in [-0.05, 0) is 44.6 Å². The van der Waals surface area contributed by atoms with Gasteiger partial charge in [-0.1, -0.05) is 20.8 Å². The van der Waals surface area contributed by atoms with Gasteiger partial charge < -0.3 is 10.1 Å². The second kappa shape index (κ2) is 7.61. The van der Waals surface area contributed by atoms with Crippen LogP contribution in [0.25, 0.3) is 0 Å². The lowest BCUT2D eigenvalue weighted by Crippen LogP contribution is -2.37. The van der Waals surface area contributed by atoms with Crippen LogP contribution < -0.4 is 5.32 Å². The molecule has 1 saturated heterocycles. The Hall–Kier alpha value is -0.120. The van der Waals surface area contributed by atoms with Crippen LogP contribution in [0.2, 0.25) is 0 Å². The summed E-state index contributed by atoms with van der Waals surface area (Å²) in [6, 6.07) is 0.864. The number of nitrogens with one attached hydrogen (secondary N) is 1. The van der Waals surface area contributed by atoms with Crippen LogP contribution in [-0.2, 0) is 4.74 Å². The average Bonchev–Trinajstić information content (AvgIpc) is 3.11. The van der Waals surface area contributed by atoms with E-state index in [9.17, 15) is 0 Å². The lowest BCUT2D eigenvalue weighted by molar-refractivity contribution is 0.0196. The Morgan fingerprint density at radius 3 is 2.53 bits per heavy atom. The van der Waals surface area contributed by atoms with Gasteiger partial charge in [0.05, 0.1) is 12.2 Å². The number of ether oxygens (including phenoxy) is 1. The molecule has 1 aliphatic carbocycles. The lowest BCUT2D eigenvalue weighted by atomic mass is 10.1. The first-order chi connectivity index (χ1) is 9.19. The molecule has 3 nitrogen and oxygen atoms in total. The lowest BCUT2D eigenvalue weighted by Gasteiger charge is -2.27. The van der Waals surface area contributed by atoms with Crippen LogP contribution in [0.15, 0.2) is 0 Å². The van der Waals surface area contributed by atoms with Gasteiger partial charge in [0, 0.05) is 25.7 Å². The molecule has 1 N–H and O–H groups in total. The van der Waals surface area contributed by atoms with Crippen molar-refractivity contribution in [3.63, 3.8) is 0 Å². The van der Waals surface area contributed by atoms with Crippen LogP contribution in [0, 0.1) is 5.92 Å². The van der Waals surface area contributed by atoms with Crippen LogP contribution in [0.5, 0.6) is 0 Å². The third-order valence-electron chi connectivity index (χ3n) is 4.10. The molecule has 0 aromatic rings. The zero-order chi connectivity index (χ0) is 13.7. The van der Waals surface area contributed by atoms with Crippen LogP contribution in [0.3, 0.4) is 0 Å². The summed E-state index contributed by atoms with van der Waals surface area (Å²) in [4.78, 5) is 2.68. The molecule has 2 rings (SSSR count). The summed E-state index contributed by atoms with van der Waals surface area (Å²) in [6.07, 6.45) is 7.44. The normalized spacial score (nSPS) is 27.6. The first-order valence-electron chi connectivity index (χ1n) is 8.29. The molecule has 1 saturated carbocycles. The highest BCUT2D eigenvalue weighted by Gasteiger charge is 2.33. The third kappa shape index (κ3) is 5.41. The van der Waals surface area contributed by atoms with E-state index in [1.165, 1.54) is 38.6 Å². The van der Waals surface area contributed by atoms with Crippen LogP contribution in [0.1, 0.15) is 52.9 Å². The Morgan fingerprint density at radius 1 is 1.16 bits per heavy atom. The summed E-state index contributed by atoms with van der Waals surface area (Å²) >= 11 is 0. The topological polar surface area (TPSA) is 24.5 Å². The van der Waals surface area contributed by atoms with E-state index < -0.39 is 0 Å². The molecule has 0 aromatic heterocycles. The van der Waals surface area contributed by atoms with Gasteiger partial charge in [0.15, 0.2) is 0 Å². The summed E-state index contributed by atoms with van der Waals surface area (Å²) in [6.45, 7) is 11.4. The molecule has 2 fully saturated rings. The molecular formula is C16H32N2O. The van der Waals surface area contributed by atoms with Gasteiger partial charge in [-0.3, -0.25) is 4.90 Å². The Kier molecular flexibility index (Phi) is 6.11. The predicted molar refractivity (Wildman–Crippen MR) is 80.5 cm³/mol. The van der Waals surface area contributed by atoms with Crippen molar-refractivity contribution >= 4 is 0 Å². The van der Waals surface area contributed by atoms with Crippen molar-refractivity contribution in [3.8, 4) is 0 Å². The zero-order valence-corrected chi connectivity index (χ0v) is 13.0. The number of rotatable bonds is 9. The average molecular weight is 268 g/mol. The fourth-order valence-corrected chi connectivity index (χ4v) is 3.05. The molecule has 2 unspecified atom stereocenters. The van der Waals surface area contributed by atoms with Crippen molar-refractivity contribution in [1.29, 1.82) is 0 Å². The van der Waals surface area contributed by atoms with Gasteiger partial charge in [0.2, 0.25) is 0 Å². The van der Waals surface area contributed by atoms with Gasteiger partial charge in [0.1, 0.15) is 0 Å². The maximum atomic E-state index is 6.19. The predicted octanol–water partition coefficient (Wildman–Crippen LogP) is 2.65. The Labute approximate surface area is 119 Å². The third-order valence-corrected chi connectivity index (χ3v) is 4.10. The molecule has 3 heteroatoms. The van der Waals surface area contributed by atoms with Crippen molar-refractivity contribution in [3.05, 3.63) is 0 Å². The van der Waals surface area contributed by atoms with Gasteiger partial charge in [0.25, 0.3) is 0 Å². The maximum Gasteiger partial charge on any atom is 0.0707 e. The monoisotopic (exact) mass is 268 g/mol. The highest BCUT2D eigenvalue weighted by Crippen LogP contribution is 2.30. The van der Waals surface area contributed by atoms with Crippen molar-refractivity contribution in [2.75, 3.05) is 26.2 Å². The smallest absolute Gasteiger partial charge is 0.0707 e. The largest absolute Gasteiger partial charge is 0.372 e. The van der Waals surface area contributed by atoms with Crippen molar-refractivity contribution < 1.29 is 4.74 Å². The van der Waals surface area contributed by atoms with Gasteiger partial charge in [-0.15, -0.1) is 0 Å². The maximum absolute atomic E-state index is 6.19. The molecule has 2 aliphatic rings. The van der Waals surface area contributed by atoms with E-state index >= 15 is 0 Å². The van der Waals surface area contributed by atoms with E-state index in [-0.39, 0.29) is 0 Å². The summed E-state index contributed by atoms with van der Waals surface area (Å²) < 4.78 is 6.19. The molecular weight excluding hydrogens is 236 g/mol. The Bertz CT molecular complexity index is 253. The van der Waals surface area contributed by atoms with E-state index in [1.807, 2.05) is 0 Å². The van der Waals surface area contributed by atoms with Gasteiger partial charge >= 0.3 is 0 Å². The number of hydrogen-bond acceptors (Lipinski definition) is 3. The fraction of sp³-hybridized carbons (Fsp3) is 1.00. The van der Waals surface area contributed by atoms with Crippen molar-refractivity contribution in [2.45, 2.75) is 71.1 Å². The highest BCUT2D eigenvalue weighted by atomic mass is 16.5. The molecule has 0 aromatic carbocycles. The molecule has 1 heterocycles. The molecule has 2 atom stereocenters. The quantitative estimate of drug-likeness (QED) is 0.651. The van der Waals surface area contributed by atoms with Crippen molar-refractivity contribution in [2.24, 2.45) is 5.92 Å². The van der Waals surface area contributed by atoms with E-state index in [2.05, 4.69) is 31.0 Å². The van der Waals surface area contributed by atoms with Gasteiger partial charge in [-0.2, -0.15) is 0 Å². The van der Waals surface area contributed by atoms with Crippen molar-refractivity contribution in [1.82, 2.24) is 10.2 Å². The van der Waals surface area contributed by atoms with Crippen LogP contribution in [0.4, 0.5) is 0 Å². The summed E-state index contributed by atoms with van der Waals surface area (Å²) in [5, 5.41) is 3.48. The van der Waals surface area contributed by atoms with E-state index in [0.717, 1.165) is 31.6 Å². The second-order valence-corrected chi connectivity index (χ2v) is 6.74. The SMILES string of the molecule is CCCNCC1CCC(CN(CC(C)C)C2CC2)O1. The zero-order valence-electron chi connectivity index (χ0n) is 13.0. The highest BCUT2D eigenvalue weighted by molar-refractivity contribution is 4.88. The van der Waals surface area contributed by atoms with Crippen LogP contribution in [-0.4, -0.2) is 49.3 Å². The second-order valence-electron chi connectivity index (χ2n) is 6.74. The first kappa shape index (κ1) is 15.3. The molecule has 1 aliphatic heterocycles. The Balaban J connectivity index is 1.67. The molecule has 0 bridgehead atoms. The summed E-state index contributed by atoms with van der Waals surface area (Å²) in [5.74, 6) is 0.768. The molecule has 0 spiro atoms. The minimum Gasteiger partial charge on any atom is -0.372 e. The molecule has 19 heavy (non-hydrogen) atoms. The molecule has 0 radical (unpaired) electrons. The molecule has 112 valence electrons. The van der Waals surface area contributed by atoms with Gasteiger partial charge in [-0.25, -0.2) is 0 Å². The first-order valence-corrected chi connectivity index (χ1v) is 8.29. The van der Waals surface area contributed by atoms with E-state index in [4.69, 9.17) is 4.74 Å². The van der Waals surface area contributed by atoms with E-state index in [0.29, 0.717) is 12.2 Å². The fourth-order valence-electron chi connectivity index (χ4n) is 3.05. The summed E-state index contributed by atoms with van der Waals surface area (Å²) in [5.41, 5.74) is 0. The Morgan fingerprint density at radius 2 is 1.89 bits per heavy atom. The molecule has 0 amide bonds. The van der Waals surface area contributed by atoms with Crippen LogP contribution >= 0.6 is 0 Å². The minimum atomic E-state index is 0.455. The number of hydrogen-bond donors (Lipinski definition) is 1. The summed E-state index contributed by atoms with van der Waals surface area (Å²) in [7, 11) is 0. The minimum absolute atomic E-state index is 0.455. The standard InChI is InChI=1S/C16H32N2O/c1-4-9-17-10-15-7-8-16(19-15)12-18(11-13(2)3)14-5-6-14/h13-17H,4-12H2,1-3H3. The number of nitrogens with zero attached hydrogens (tertiary/aromatic N) is 1. The van der Waals surface area contributed by atoms with E-state index in [1.54, 1.807) is 0 Å².